The Kier molecular flexibility index (Phi) is 11.5. The van der Waals surface area contributed by atoms with E-state index in [4.69, 9.17) is 7.35 Å². The Labute approximate surface area is 93.8 Å². The van der Waals surface area contributed by atoms with Gasteiger partial charge in [-0.1, -0.05) is 33.6 Å². The van der Waals surface area contributed by atoms with Crippen LogP contribution >= 0.6 is 0 Å². The molecule has 4 heteroatoms. The van der Waals surface area contributed by atoms with Crippen molar-refractivity contribution in [2.24, 2.45) is 5.92 Å². The average Bonchev–Trinajstić information content (AvgIpc) is 2.05. The van der Waals surface area contributed by atoms with Gasteiger partial charge < -0.3 is 5.11 Å². The molecule has 1 atom stereocenters. The van der Waals surface area contributed by atoms with E-state index in [0.717, 1.165) is 25.2 Å². The molecule has 0 aromatic carbocycles. The average molecular weight is 241 g/mol. The number of hydrogen-bond acceptors (Lipinski definition) is 3. The molecule has 0 aromatic rings. The first-order valence-electron chi connectivity index (χ1n) is 5.07. The topological polar surface area (TPSA) is 54.4 Å². The van der Waals surface area contributed by atoms with Crippen molar-refractivity contribution in [3.63, 3.8) is 0 Å². The number of aliphatic hydroxyl groups is 1. The van der Waals surface area contributed by atoms with Crippen LogP contribution in [0.15, 0.2) is 0 Å². The third-order valence-electron chi connectivity index (χ3n) is 2.26. The van der Waals surface area contributed by atoms with Crippen molar-refractivity contribution < 1.29 is 28.6 Å². The first-order valence-corrected chi connectivity index (χ1v) is 6.21. The van der Waals surface area contributed by atoms with Crippen molar-refractivity contribution in [2.45, 2.75) is 59.0 Å². The van der Waals surface area contributed by atoms with Crippen LogP contribution < -0.4 is 0 Å². The van der Waals surface area contributed by atoms with Crippen molar-refractivity contribution in [1.82, 2.24) is 0 Å². The Balaban J connectivity index is 0. The van der Waals surface area contributed by atoms with Crippen molar-refractivity contribution in [1.29, 1.82) is 0 Å². The van der Waals surface area contributed by atoms with Gasteiger partial charge in [0.25, 0.3) is 0 Å². The molecule has 14 heavy (non-hydrogen) atoms. The summed E-state index contributed by atoms with van der Waals surface area (Å²) in [4.78, 5) is 0. The second kappa shape index (κ2) is 9.69. The second-order valence-electron chi connectivity index (χ2n) is 4.21. The molecule has 0 aliphatic carbocycles. The van der Waals surface area contributed by atoms with Crippen LogP contribution in [0.5, 0.6) is 0 Å². The molecule has 0 aliphatic heterocycles. The Hall–Kier alpha value is 0.144. The predicted octanol–water partition coefficient (Wildman–Crippen LogP) is 2.73. The van der Waals surface area contributed by atoms with Gasteiger partial charge in [-0.25, -0.2) is 0 Å². The molecule has 0 fully saturated rings. The van der Waals surface area contributed by atoms with E-state index in [1.165, 1.54) is 6.42 Å². The van der Waals surface area contributed by atoms with Crippen molar-refractivity contribution in [2.75, 3.05) is 0 Å². The molecule has 1 unspecified atom stereocenters. The normalized spacial score (nSPS) is 13.9. The molecule has 0 rings (SSSR count). The van der Waals surface area contributed by atoms with E-state index in [0.29, 0.717) is 0 Å². The van der Waals surface area contributed by atoms with Crippen LogP contribution in [0.2, 0.25) is 0 Å². The zero-order valence-electron chi connectivity index (χ0n) is 9.62. The van der Waals surface area contributed by atoms with Crippen LogP contribution in [-0.4, -0.2) is 10.7 Å². The maximum atomic E-state index is 9.64. The van der Waals surface area contributed by atoms with E-state index >= 15 is 0 Å². The summed E-state index contributed by atoms with van der Waals surface area (Å²) in [5, 5.41) is 9.64. The molecule has 3 nitrogen and oxygen atoms in total. The van der Waals surface area contributed by atoms with E-state index in [1.54, 1.807) is 0 Å². The van der Waals surface area contributed by atoms with Crippen LogP contribution in [-0.2, 0) is 23.5 Å². The molecule has 0 aliphatic rings. The zero-order chi connectivity index (χ0) is 11.6. The van der Waals surface area contributed by atoms with E-state index in [-0.39, 0.29) is 0 Å². The molecule has 1 N–H and O–H groups in total. The third-order valence-corrected chi connectivity index (χ3v) is 2.26. The summed E-state index contributed by atoms with van der Waals surface area (Å²) in [6, 6.07) is 0. The van der Waals surface area contributed by atoms with Crippen LogP contribution in [0, 0.1) is 5.92 Å². The van der Waals surface area contributed by atoms with E-state index in [9.17, 15) is 5.11 Å². The minimum absolute atomic E-state index is 0.422. The molecule has 0 aromatic heterocycles. The van der Waals surface area contributed by atoms with Gasteiger partial charge in [0.15, 0.2) is 0 Å². The summed E-state index contributed by atoms with van der Waals surface area (Å²) in [7, 11) is 0. The molecule has 0 saturated heterocycles. The van der Waals surface area contributed by atoms with Crippen molar-refractivity contribution >= 4 is 0 Å². The molecule has 0 spiro atoms. The fourth-order valence-corrected chi connectivity index (χ4v) is 1.07. The SMILES string of the molecule is CCC(C)(O)CCCC(C)C.[O]=[V]=[O]. The van der Waals surface area contributed by atoms with Gasteiger partial charge in [-0.3, -0.25) is 0 Å². The quantitative estimate of drug-likeness (QED) is 0.805. The molecule has 0 bridgehead atoms. The minimum atomic E-state index is -1.81. The fourth-order valence-electron chi connectivity index (χ4n) is 1.07. The summed E-state index contributed by atoms with van der Waals surface area (Å²) in [6.07, 6.45) is 4.20. The Bertz CT molecular complexity index is 161. The molecular weight excluding hydrogens is 219 g/mol. The van der Waals surface area contributed by atoms with Crippen molar-refractivity contribution in [3.8, 4) is 0 Å². The first kappa shape index (κ1) is 16.6. The summed E-state index contributed by atoms with van der Waals surface area (Å²) >= 11 is -1.81. The van der Waals surface area contributed by atoms with Crippen LogP contribution in [0.4, 0.5) is 0 Å². The zero-order valence-corrected chi connectivity index (χ0v) is 11.0. The first-order chi connectivity index (χ1) is 6.39. The summed E-state index contributed by atoms with van der Waals surface area (Å²) < 4.78 is 16.9. The monoisotopic (exact) mass is 241 g/mol. The fraction of sp³-hybridized carbons (Fsp3) is 1.00. The molecule has 85 valence electrons. The standard InChI is InChI=1S/C10H22O.2O.V/c1-5-10(4,11)8-6-7-9(2)3;;;/h9,11H,5-8H2,1-4H3;;;. The van der Waals surface area contributed by atoms with Gasteiger partial charge in [0.2, 0.25) is 0 Å². The maximum absolute atomic E-state index is 9.64. The number of rotatable bonds is 5. The van der Waals surface area contributed by atoms with Crippen LogP contribution in [0.3, 0.4) is 0 Å². The van der Waals surface area contributed by atoms with Gasteiger partial charge in [-0.2, -0.15) is 0 Å². The predicted molar refractivity (Wildman–Crippen MR) is 51.0 cm³/mol. The van der Waals surface area contributed by atoms with Gasteiger partial charge >= 0.3 is 23.5 Å². The van der Waals surface area contributed by atoms with Crippen LogP contribution in [0.1, 0.15) is 53.4 Å². The molecule has 0 radical (unpaired) electrons. The van der Waals surface area contributed by atoms with E-state index < -0.39 is 21.8 Å². The Morgan fingerprint density at radius 1 is 1.36 bits per heavy atom. The third kappa shape index (κ3) is 14.7. The van der Waals surface area contributed by atoms with Gasteiger partial charge in [0, 0.05) is 0 Å². The molecular formula is C10H22O3V. The molecule has 0 amide bonds. The van der Waals surface area contributed by atoms with Crippen molar-refractivity contribution in [3.05, 3.63) is 0 Å². The van der Waals surface area contributed by atoms with Crippen LogP contribution in [0.25, 0.3) is 0 Å². The van der Waals surface area contributed by atoms with Gasteiger partial charge in [0.1, 0.15) is 0 Å². The summed E-state index contributed by atoms with van der Waals surface area (Å²) in [5.41, 5.74) is -0.422. The number of hydrogen-bond donors (Lipinski definition) is 1. The second-order valence-corrected chi connectivity index (χ2v) is 4.44. The van der Waals surface area contributed by atoms with E-state index in [2.05, 4.69) is 13.8 Å². The Morgan fingerprint density at radius 3 is 2.07 bits per heavy atom. The van der Waals surface area contributed by atoms with E-state index in [1.807, 2.05) is 13.8 Å². The summed E-state index contributed by atoms with van der Waals surface area (Å²) in [6.45, 7) is 8.41. The molecule has 0 saturated carbocycles. The van der Waals surface area contributed by atoms with Gasteiger partial charge in [0.05, 0.1) is 5.60 Å². The Morgan fingerprint density at radius 2 is 1.79 bits per heavy atom. The summed E-state index contributed by atoms with van der Waals surface area (Å²) in [5.74, 6) is 0.766. The van der Waals surface area contributed by atoms with Gasteiger partial charge in [-0.05, 0) is 25.7 Å². The molecule has 0 heterocycles. The van der Waals surface area contributed by atoms with Gasteiger partial charge in [-0.15, -0.1) is 0 Å².